The fourth-order valence-corrected chi connectivity index (χ4v) is 3.69. The monoisotopic (exact) mass is 377 g/mol. The molecule has 0 saturated carbocycles. The number of hydrogen-bond donors (Lipinski definition) is 2. The average molecular weight is 377 g/mol. The van der Waals surface area contributed by atoms with E-state index >= 15 is 4.39 Å². The molecule has 2 aliphatic heterocycles. The molecule has 1 atom stereocenters. The molecule has 2 N–H and O–H groups in total. The second-order valence-corrected chi connectivity index (χ2v) is 7.28. The van der Waals surface area contributed by atoms with Crippen LogP contribution in [0.4, 0.5) is 10.1 Å². The van der Waals surface area contributed by atoms with Gasteiger partial charge in [-0.05, 0) is 20.0 Å². The Labute approximate surface area is 154 Å². The van der Waals surface area contributed by atoms with E-state index in [2.05, 4.69) is 4.90 Å². The first-order chi connectivity index (χ1) is 12.7. The Morgan fingerprint density at radius 3 is 2.59 bits per heavy atom. The van der Waals surface area contributed by atoms with Crippen molar-refractivity contribution in [1.29, 1.82) is 0 Å². The molecule has 0 amide bonds. The largest absolute Gasteiger partial charge is 0.484 e. The summed E-state index contributed by atoms with van der Waals surface area (Å²) in [6, 6.07) is 1.04. The van der Waals surface area contributed by atoms with Crippen molar-refractivity contribution in [2.75, 3.05) is 44.7 Å². The van der Waals surface area contributed by atoms with Crippen molar-refractivity contribution in [1.82, 2.24) is 9.47 Å². The third kappa shape index (κ3) is 2.65. The van der Waals surface area contributed by atoms with Gasteiger partial charge in [0.15, 0.2) is 17.3 Å². The minimum Gasteiger partial charge on any atom is -0.484 e. The molecule has 27 heavy (non-hydrogen) atoms. The van der Waals surface area contributed by atoms with Crippen molar-refractivity contribution >= 4 is 22.6 Å². The van der Waals surface area contributed by atoms with Gasteiger partial charge in [-0.15, -0.1) is 0 Å². The number of carbonyl (C=O) groups is 1. The molecule has 1 saturated heterocycles. The number of piperazine rings is 1. The van der Waals surface area contributed by atoms with Gasteiger partial charge in [0, 0.05) is 32.4 Å². The van der Waals surface area contributed by atoms with Gasteiger partial charge in [0.05, 0.1) is 10.9 Å². The summed E-state index contributed by atoms with van der Waals surface area (Å²) in [5.41, 5.74) is -2.46. The van der Waals surface area contributed by atoms with E-state index in [0.29, 0.717) is 13.1 Å². The Hall–Kier alpha value is -2.65. The van der Waals surface area contributed by atoms with Crippen LogP contribution in [0.3, 0.4) is 0 Å². The van der Waals surface area contributed by atoms with Gasteiger partial charge in [-0.25, -0.2) is 9.18 Å². The maximum atomic E-state index is 15.0. The van der Waals surface area contributed by atoms with Crippen LogP contribution < -0.4 is 15.1 Å². The van der Waals surface area contributed by atoms with Crippen molar-refractivity contribution in [3.05, 3.63) is 33.9 Å². The Balaban J connectivity index is 2.04. The van der Waals surface area contributed by atoms with Crippen LogP contribution in [-0.2, 0) is 5.72 Å². The van der Waals surface area contributed by atoms with Gasteiger partial charge in [-0.1, -0.05) is 0 Å². The molecule has 1 fully saturated rings. The molecular weight excluding hydrogens is 357 g/mol. The molecule has 0 aliphatic carbocycles. The molecule has 4 rings (SSSR count). The van der Waals surface area contributed by atoms with Gasteiger partial charge in [0.2, 0.25) is 5.43 Å². The summed E-state index contributed by atoms with van der Waals surface area (Å²) < 4.78 is 22.0. The van der Waals surface area contributed by atoms with Gasteiger partial charge < -0.3 is 29.3 Å². The summed E-state index contributed by atoms with van der Waals surface area (Å²) >= 11 is 0. The van der Waals surface area contributed by atoms with Crippen molar-refractivity contribution in [2.45, 2.75) is 12.6 Å². The third-order valence-electron chi connectivity index (χ3n) is 5.23. The smallest absolute Gasteiger partial charge is 0.341 e. The SMILES string of the molecule is CN1CCN(c2c(F)cc3c(=O)c(C(=O)O)cn4c3c2OCC4(C)O)CC1. The number of nitrogens with zero attached hydrogens (tertiary/aromatic N) is 3. The number of aliphatic hydroxyl groups is 1. The normalized spacial score (nSPS) is 22.7. The number of benzene rings is 1. The molecule has 0 radical (unpaired) electrons. The van der Waals surface area contributed by atoms with Crippen molar-refractivity contribution in [2.24, 2.45) is 0 Å². The van der Waals surface area contributed by atoms with Gasteiger partial charge in [0.1, 0.15) is 17.9 Å². The van der Waals surface area contributed by atoms with E-state index < -0.39 is 28.5 Å². The number of halogens is 1. The minimum absolute atomic E-state index is 0.125. The highest BCUT2D eigenvalue weighted by molar-refractivity contribution is 5.97. The first-order valence-corrected chi connectivity index (χ1v) is 8.65. The number of likely N-dealkylation sites (N-methyl/N-ethyl adjacent to an activating group) is 1. The second-order valence-electron chi connectivity index (χ2n) is 7.28. The molecule has 9 heteroatoms. The number of carboxylic acids is 1. The molecule has 144 valence electrons. The maximum Gasteiger partial charge on any atom is 0.341 e. The van der Waals surface area contributed by atoms with Crippen LogP contribution in [-0.4, -0.2) is 65.5 Å². The Morgan fingerprint density at radius 2 is 1.96 bits per heavy atom. The van der Waals surface area contributed by atoms with E-state index in [1.54, 1.807) is 0 Å². The van der Waals surface area contributed by atoms with E-state index in [1.807, 2.05) is 11.9 Å². The third-order valence-corrected chi connectivity index (χ3v) is 5.23. The Bertz CT molecular complexity index is 1010. The van der Waals surface area contributed by atoms with Crippen LogP contribution in [0.5, 0.6) is 5.75 Å². The number of carboxylic acid groups (broad SMARTS) is 1. The number of ether oxygens (including phenoxy) is 1. The molecule has 8 nitrogen and oxygen atoms in total. The molecule has 3 heterocycles. The van der Waals surface area contributed by atoms with Gasteiger partial charge in [-0.2, -0.15) is 0 Å². The summed E-state index contributed by atoms with van der Waals surface area (Å²) in [5.74, 6) is -1.91. The van der Waals surface area contributed by atoms with Crippen LogP contribution in [0.25, 0.3) is 10.9 Å². The van der Waals surface area contributed by atoms with Crippen LogP contribution in [0.1, 0.15) is 17.3 Å². The molecular formula is C18H20FN3O5. The Morgan fingerprint density at radius 1 is 1.30 bits per heavy atom. The molecule has 0 bridgehead atoms. The van der Waals surface area contributed by atoms with E-state index in [-0.39, 0.29) is 28.9 Å². The quantitative estimate of drug-likeness (QED) is 0.793. The predicted octanol–water partition coefficient (Wildman–Crippen LogP) is 0.648. The number of aromatic nitrogens is 1. The highest BCUT2D eigenvalue weighted by Gasteiger charge is 2.36. The number of aromatic carboxylic acids is 1. The van der Waals surface area contributed by atoms with Crippen LogP contribution >= 0.6 is 0 Å². The Kier molecular flexibility index (Phi) is 3.90. The van der Waals surface area contributed by atoms with E-state index in [9.17, 15) is 19.8 Å². The zero-order valence-corrected chi connectivity index (χ0v) is 15.0. The van der Waals surface area contributed by atoms with E-state index in [0.717, 1.165) is 25.4 Å². The molecule has 2 aliphatic rings. The van der Waals surface area contributed by atoms with Crippen LogP contribution in [0.15, 0.2) is 17.1 Å². The van der Waals surface area contributed by atoms with Crippen LogP contribution in [0, 0.1) is 5.82 Å². The summed E-state index contributed by atoms with van der Waals surface area (Å²) in [5, 5.41) is 19.9. The number of pyridine rings is 1. The first-order valence-electron chi connectivity index (χ1n) is 8.65. The lowest BCUT2D eigenvalue weighted by Gasteiger charge is -2.38. The lowest BCUT2D eigenvalue weighted by atomic mass is 10.0. The zero-order valence-electron chi connectivity index (χ0n) is 15.0. The van der Waals surface area contributed by atoms with E-state index in [1.165, 1.54) is 11.5 Å². The van der Waals surface area contributed by atoms with E-state index in [4.69, 9.17) is 4.74 Å². The summed E-state index contributed by atoms with van der Waals surface area (Å²) in [6.45, 7) is 3.93. The van der Waals surface area contributed by atoms with Gasteiger partial charge in [-0.3, -0.25) is 4.79 Å². The lowest BCUT2D eigenvalue weighted by Crippen LogP contribution is -2.46. The van der Waals surface area contributed by atoms with Crippen molar-refractivity contribution < 1.29 is 24.1 Å². The standard InChI is InChI=1S/C18H20FN3O5/c1-18(26)9-27-16-13-10(15(23)11(17(24)25)8-22(13)18)7-12(19)14(16)21-5-3-20(2)4-6-21/h7-8,26H,3-6,9H2,1-2H3,(H,24,25). The second kappa shape index (κ2) is 5.93. The highest BCUT2D eigenvalue weighted by atomic mass is 19.1. The molecule has 1 unspecified atom stereocenters. The molecule has 2 aromatic rings. The van der Waals surface area contributed by atoms with Crippen molar-refractivity contribution in [3.8, 4) is 5.75 Å². The number of hydrogen-bond acceptors (Lipinski definition) is 6. The first kappa shape index (κ1) is 17.7. The summed E-state index contributed by atoms with van der Waals surface area (Å²) in [4.78, 5) is 28.0. The van der Waals surface area contributed by atoms with Gasteiger partial charge in [0.25, 0.3) is 0 Å². The fourth-order valence-electron chi connectivity index (χ4n) is 3.69. The van der Waals surface area contributed by atoms with Crippen LogP contribution in [0.2, 0.25) is 0 Å². The topological polar surface area (TPSA) is 95.2 Å². The maximum absolute atomic E-state index is 15.0. The predicted molar refractivity (Wildman–Crippen MR) is 96.2 cm³/mol. The van der Waals surface area contributed by atoms with Gasteiger partial charge >= 0.3 is 5.97 Å². The molecule has 1 aromatic heterocycles. The average Bonchev–Trinajstić information content (AvgIpc) is 2.60. The fraction of sp³-hybridized carbons (Fsp3) is 0.444. The molecule has 0 spiro atoms. The van der Waals surface area contributed by atoms with Crippen molar-refractivity contribution in [3.63, 3.8) is 0 Å². The lowest BCUT2D eigenvalue weighted by molar-refractivity contribution is -0.0614. The minimum atomic E-state index is -1.57. The summed E-state index contributed by atoms with van der Waals surface area (Å²) in [6.07, 6.45) is 1.10. The number of rotatable bonds is 2. The number of anilines is 1. The summed E-state index contributed by atoms with van der Waals surface area (Å²) in [7, 11) is 1.98. The molecule has 1 aromatic carbocycles. The highest BCUT2D eigenvalue weighted by Crippen LogP contribution is 2.42. The zero-order chi connectivity index (χ0) is 19.5.